The fourth-order valence-corrected chi connectivity index (χ4v) is 2.10. The zero-order valence-corrected chi connectivity index (χ0v) is 14.1. The van der Waals surface area contributed by atoms with E-state index in [1.807, 2.05) is 39.8 Å². The van der Waals surface area contributed by atoms with Crippen molar-refractivity contribution in [3.8, 4) is 5.75 Å². The molecule has 2 unspecified atom stereocenters. The average molecular weight is 313 g/mol. The molecule has 0 bridgehead atoms. The number of benzene rings is 1. The molecule has 1 amide bonds. The van der Waals surface area contributed by atoms with Gasteiger partial charge in [-0.05, 0) is 58.7 Å². The first-order valence-corrected chi connectivity index (χ1v) is 7.49. The van der Waals surface area contributed by atoms with Crippen LogP contribution >= 0.6 is 11.6 Å². The summed E-state index contributed by atoms with van der Waals surface area (Å²) < 4.78 is 5.64. The summed E-state index contributed by atoms with van der Waals surface area (Å²) in [4.78, 5) is 12.0. The van der Waals surface area contributed by atoms with Crippen molar-refractivity contribution in [2.45, 2.75) is 58.7 Å². The van der Waals surface area contributed by atoms with E-state index in [9.17, 15) is 4.79 Å². The van der Waals surface area contributed by atoms with Crippen LogP contribution in [0.1, 0.15) is 40.2 Å². The smallest absolute Gasteiger partial charge is 0.261 e. The fourth-order valence-electron chi connectivity index (χ4n) is 1.85. The van der Waals surface area contributed by atoms with Gasteiger partial charge in [0.05, 0.1) is 5.02 Å². The minimum absolute atomic E-state index is 0.0734. The molecule has 118 valence electrons. The van der Waals surface area contributed by atoms with Crippen LogP contribution in [0.15, 0.2) is 18.2 Å². The molecule has 0 radical (unpaired) electrons. The second kappa shape index (κ2) is 7.14. The molecule has 5 heteroatoms. The molecule has 3 N–H and O–H groups in total. The van der Waals surface area contributed by atoms with E-state index in [4.69, 9.17) is 22.1 Å². The highest BCUT2D eigenvalue weighted by Gasteiger charge is 2.21. The molecule has 0 aliphatic rings. The topological polar surface area (TPSA) is 64.3 Å². The van der Waals surface area contributed by atoms with Crippen molar-refractivity contribution in [1.29, 1.82) is 0 Å². The number of hydrogen-bond acceptors (Lipinski definition) is 3. The van der Waals surface area contributed by atoms with Crippen LogP contribution in [0.4, 0.5) is 0 Å². The maximum Gasteiger partial charge on any atom is 0.261 e. The Bertz CT molecular complexity index is 496. The molecular weight excluding hydrogens is 288 g/mol. The third-order valence-electron chi connectivity index (χ3n) is 2.73. The first-order chi connectivity index (χ1) is 9.58. The monoisotopic (exact) mass is 312 g/mol. The maximum atomic E-state index is 12.0. The van der Waals surface area contributed by atoms with Crippen molar-refractivity contribution < 1.29 is 9.53 Å². The van der Waals surface area contributed by atoms with Gasteiger partial charge in [0.1, 0.15) is 5.75 Å². The van der Waals surface area contributed by atoms with E-state index in [0.29, 0.717) is 10.8 Å². The summed E-state index contributed by atoms with van der Waals surface area (Å²) in [6, 6.07) is 5.60. The summed E-state index contributed by atoms with van der Waals surface area (Å²) in [7, 11) is 0. The maximum absolute atomic E-state index is 12.0. The highest BCUT2D eigenvalue weighted by molar-refractivity contribution is 6.32. The lowest BCUT2D eigenvalue weighted by Gasteiger charge is -2.24. The lowest BCUT2D eigenvalue weighted by molar-refractivity contribution is -0.128. The molecule has 0 fully saturated rings. The van der Waals surface area contributed by atoms with E-state index >= 15 is 0 Å². The first kappa shape index (κ1) is 17.8. The van der Waals surface area contributed by atoms with Crippen molar-refractivity contribution in [2.75, 3.05) is 0 Å². The Kier molecular flexibility index (Phi) is 6.05. The molecule has 21 heavy (non-hydrogen) atoms. The van der Waals surface area contributed by atoms with E-state index in [1.165, 1.54) is 0 Å². The molecule has 1 rings (SSSR count). The van der Waals surface area contributed by atoms with Gasteiger partial charge in [-0.15, -0.1) is 0 Å². The number of ether oxygens (including phenoxy) is 1. The van der Waals surface area contributed by atoms with Crippen LogP contribution in [0.25, 0.3) is 0 Å². The molecule has 0 aromatic heterocycles. The van der Waals surface area contributed by atoms with Gasteiger partial charge >= 0.3 is 0 Å². The number of nitrogens with two attached hydrogens (primary N) is 1. The SMILES string of the molecule is CC(N)Cc1ccc(OC(C)C(=O)NC(C)(C)C)c(Cl)c1. The largest absolute Gasteiger partial charge is 0.479 e. The van der Waals surface area contributed by atoms with E-state index in [1.54, 1.807) is 13.0 Å². The number of rotatable bonds is 5. The minimum atomic E-state index is -0.610. The quantitative estimate of drug-likeness (QED) is 0.878. The zero-order chi connectivity index (χ0) is 16.2. The third-order valence-corrected chi connectivity index (χ3v) is 3.02. The number of halogens is 1. The van der Waals surface area contributed by atoms with Crippen molar-refractivity contribution >= 4 is 17.5 Å². The Morgan fingerprint density at radius 2 is 2.00 bits per heavy atom. The van der Waals surface area contributed by atoms with Crippen LogP contribution in [-0.2, 0) is 11.2 Å². The summed E-state index contributed by atoms with van der Waals surface area (Å²) in [5.41, 5.74) is 6.52. The van der Waals surface area contributed by atoms with Crippen LogP contribution in [-0.4, -0.2) is 23.6 Å². The second-order valence-corrected chi connectivity index (χ2v) is 6.85. The van der Waals surface area contributed by atoms with Crippen LogP contribution in [0, 0.1) is 0 Å². The minimum Gasteiger partial charge on any atom is -0.479 e. The summed E-state index contributed by atoms with van der Waals surface area (Å²) >= 11 is 6.20. The molecule has 1 aromatic carbocycles. The van der Waals surface area contributed by atoms with Gasteiger partial charge < -0.3 is 15.8 Å². The van der Waals surface area contributed by atoms with Crippen LogP contribution in [0.3, 0.4) is 0 Å². The van der Waals surface area contributed by atoms with Gasteiger partial charge in [0, 0.05) is 11.6 Å². The summed E-state index contributed by atoms with van der Waals surface area (Å²) in [6.45, 7) is 9.42. The van der Waals surface area contributed by atoms with Gasteiger partial charge in [-0.1, -0.05) is 17.7 Å². The number of carbonyl (C=O) groups excluding carboxylic acids is 1. The molecule has 0 saturated heterocycles. The lowest BCUT2D eigenvalue weighted by Crippen LogP contribution is -2.46. The van der Waals surface area contributed by atoms with Crippen molar-refractivity contribution in [1.82, 2.24) is 5.32 Å². The fraction of sp³-hybridized carbons (Fsp3) is 0.562. The Hall–Kier alpha value is -1.26. The summed E-state index contributed by atoms with van der Waals surface area (Å²) in [6.07, 6.45) is 0.140. The highest BCUT2D eigenvalue weighted by atomic mass is 35.5. The Morgan fingerprint density at radius 1 is 1.38 bits per heavy atom. The molecular formula is C16H25ClN2O2. The number of amides is 1. The van der Waals surface area contributed by atoms with Crippen LogP contribution in [0.2, 0.25) is 5.02 Å². The molecule has 0 heterocycles. The van der Waals surface area contributed by atoms with Gasteiger partial charge in [-0.3, -0.25) is 4.79 Å². The highest BCUT2D eigenvalue weighted by Crippen LogP contribution is 2.27. The number of carbonyl (C=O) groups is 1. The van der Waals surface area contributed by atoms with Crippen molar-refractivity contribution in [3.63, 3.8) is 0 Å². The normalized spacial score (nSPS) is 14.4. The second-order valence-electron chi connectivity index (χ2n) is 6.45. The number of hydrogen-bond donors (Lipinski definition) is 2. The van der Waals surface area contributed by atoms with Gasteiger partial charge in [0.15, 0.2) is 6.10 Å². The number of nitrogens with one attached hydrogen (secondary N) is 1. The van der Waals surface area contributed by atoms with Gasteiger partial charge in [0.2, 0.25) is 0 Å². The summed E-state index contributed by atoms with van der Waals surface area (Å²) in [5.74, 6) is 0.333. The lowest BCUT2D eigenvalue weighted by atomic mass is 10.1. The molecule has 0 aliphatic heterocycles. The van der Waals surface area contributed by atoms with Crippen molar-refractivity contribution in [3.05, 3.63) is 28.8 Å². The molecule has 1 aromatic rings. The van der Waals surface area contributed by atoms with Crippen LogP contribution < -0.4 is 15.8 Å². The first-order valence-electron chi connectivity index (χ1n) is 7.11. The van der Waals surface area contributed by atoms with E-state index in [0.717, 1.165) is 12.0 Å². The Labute approximate surface area is 132 Å². The molecule has 4 nitrogen and oxygen atoms in total. The van der Waals surface area contributed by atoms with Gasteiger partial charge in [-0.25, -0.2) is 0 Å². The Morgan fingerprint density at radius 3 is 2.48 bits per heavy atom. The molecule has 0 spiro atoms. The predicted octanol–water partition coefficient (Wildman–Crippen LogP) is 2.91. The standard InChI is InChI=1S/C16H25ClN2O2/c1-10(18)8-12-6-7-14(13(17)9-12)21-11(2)15(20)19-16(3,4)5/h6-7,9-11H,8,18H2,1-5H3,(H,19,20). The molecule has 0 saturated carbocycles. The summed E-state index contributed by atoms with van der Waals surface area (Å²) in [5, 5.41) is 3.36. The Balaban J connectivity index is 2.72. The van der Waals surface area contributed by atoms with E-state index < -0.39 is 6.10 Å². The van der Waals surface area contributed by atoms with E-state index in [-0.39, 0.29) is 17.5 Å². The van der Waals surface area contributed by atoms with E-state index in [2.05, 4.69) is 5.32 Å². The van der Waals surface area contributed by atoms with Crippen LogP contribution in [0.5, 0.6) is 5.75 Å². The van der Waals surface area contributed by atoms with Crippen molar-refractivity contribution in [2.24, 2.45) is 5.73 Å². The molecule has 0 aliphatic carbocycles. The average Bonchev–Trinajstić information content (AvgIpc) is 2.29. The third kappa shape index (κ3) is 6.36. The van der Waals surface area contributed by atoms with Gasteiger partial charge in [-0.2, -0.15) is 0 Å². The zero-order valence-electron chi connectivity index (χ0n) is 13.4. The predicted molar refractivity (Wildman–Crippen MR) is 86.8 cm³/mol. The van der Waals surface area contributed by atoms with Gasteiger partial charge in [0.25, 0.3) is 5.91 Å². The molecule has 2 atom stereocenters.